The first-order valence-corrected chi connectivity index (χ1v) is 9.17. The second kappa shape index (κ2) is 8.23. The fraction of sp³-hybridized carbons (Fsp3) is 0.632. The molecule has 2 saturated heterocycles. The summed E-state index contributed by atoms with van der Waals surface area (Å²) in [6.07, 6.45) is 4.18. The van der Waals surface area contributed by atoms with Crippen LogP contribution in [0.5, 0.6) is 0 Å². The number of nitrogens with one attached hydrogen (secondary N) is 1. The molecule has 1 aromatic rings. The van der Waals surface area contributed by atoms with Crippen molar-refractivity contribution in [3.05, 3.63) is 35.4 Å². The number of rotatable bonds is 4. The quantitative estimate of drug-likeness (QED) is 0.905. The summed E-state index contributed by atoms with van der Waals surface area (Å²) in [5, 5.41) is 2.79. The van der Waals surface area contributed by atoms with Gasteiger partial charge in [-0.3, -0.25) is 9.69 Å². The summed E-state index contributed by atoms with van der Waals surface area (Å²) >= 11 is 0. The van der Waals surface area contributed by atoms with Gasteiger partial charge in [-0.15, -0.1) is 0 Å². The van der Waals surface area contributed by atoms with E-state index in [2.05, 4.69) is 22.2 Å². The number of carbonyl (C=O) groups excluding carboxylic acids is 1. The van der Waals surface area contributed by atoms with E-state index < -0.39 is 11.6 Å². The number of amides is 1. The highest BCUT2D eigenvalue weighted by molar-refractivity contribution is 5.79. The van der Waals surface area contributed by atoms with Crippen LogP contribution in [0.25, 0.3) is 0 Å². The Morgan fingerprint density at radius 2 is 1.96 bits per heavy atom. The van der Waals surface area contributed by atoms with Crippen LogP contribution in [-0.4, -0.2) is 55.0 Å². The Labute approximate surface area is 148 Å². The van der Waals surface area contributed by atoms with Crippen LogP contribution in [0.2, 0.25) is 0 Å². The van der Waals surface area contributed by atoms with Crippen molar-refractivity contribution in [2.45, 2.75) is 38.3 Å². The smallest absolute Gasteiger partial charge is 0.224 e. The topological polar surface area (TPSA) is 35.6 Å². The van der Waals surface area contributed by atoms with Crippen LogP contribution in [0.3, 0.4) is 0 Å². The Morgan fingerprint density at radius 1 is 1.20 bits per heavy atom. The molecule has 1 atom stereocenters. The lowest BCUT2D eigenvalue weighted by Crippen LogP contribution is -2.50. The van der Waals surface area contributed by atoms with Crippen molar-refractivity contribution in [1.82, 2.24) is 15.1 Å². The summed E-state index contributed by atoms with van der Waals surface area (Å²) in [5.41, 5.74) is 0.191. The zero-order chi connectivity index (χ0) is 17.8. The zero-order valence-corrected chi connectivity index (χ0v) is 14.8. The summed E-state index contributed by atoms with van der Waals surface area (Å²) in [6, 6.07) is 3.88. The van der Waals surface area contributed by atoms with Gasteiger partial charge in [-0.25, -0.2) is 8.78 Å². The second-order valence-corrected chi connectivity index (χ2v) is 7.32. The molecule has 1 aromatic carbocycles. The lowest BCUT2D eigenvalue weighted by Gasteiger charge is -2.41. The molecule has 6 heteroatoms. The van der Waals surface area contributed by atoms with Gasteiger partial charge in [-0.1, -0.05) is 0 Å². The van der Waals surface area contributed by atoms with Gasteiger partial charge in [0, 0.05) is 24.7 Å². The molecule has 25 heavy (non-hydrogen) atoms. The molecule has 0 saturated carbocycles. The van der Waals surface area contributed by atoms with Crippen LogP contribution in [0.4, 0.5) is 8.78 Å². The minimum atomic E-state index is -0.489. The number of hydrogen-bond acceptors (Lipinski definition) is 3. The number of likely N-dealkylation sites (tertiary alicyclic amines) is 2. The fourth-order valence-corrected chi connectivity index (χ4v) is 3.92. The minimum absolute atomic E-state index is 0.0349. The Hall–Kier alpha value is -1.53. The monoisotopic (exact) mass is 351 g/mol. The first-order chi connectivity index (χ1) is 12.0. The zero-order valence-electron chi connectivity index (χ0n) is 14.8. The highest BCUT2D eigenvalue weighted by atomic mass is 19.1. The highest BCUT2D eigenvalue weighted by Gasteiger charge is 2.31. The maximum Gasteiger partial charge on any atom is 0.224 e. The maximum absolute atomic E-state index is 13.7. The SMILES string of the molecule is CN1CCC(N2CCC[C@@H](C(=O)NCc3cc(F)ccc3F)C2)CC1. The molecule has 4 nitrogen and oxygen atoms in total. The van der Waals surface area contributed by atoms with Crippen molar-refractivity contribution < 1.29 is 13.6 Å². The Balaban J connectivity index is 1.52. The molecule has 0 radical (unpaired) electrons. The number of nitrogens with zero attached hydrogens (tertiary/aromatic N) is 2. The predicted molar refractivity (Wildman–Crippen MR) is 93.0 cm³/mol. The molecule has 0 aliphatic carbocycles. The fourth-order valence-electron chi connectivity index (χ4n) is 3.92. The van der Waals surface area contributed by atoms with Crippen molar-refractivity contribution in [2.24, 2.45) is 5.92 Å². The van der Waals surface area contributed by atoms with Gasteiger partial charge in [0.1, 0.15) is 11.6 Å². The molecule has 0 aromatic heterocycles. The average Bonchev–Trinajstić information content (AvgIpc) is 2.63. The summed E-state index contributed by atoms with van der Waals surface area (Å²) in [5.74, 6) is -1.10. The van der Waals surface area contributed by atoms with Gasteiger partial charge >= 0.3 is 0 Å². The van der Waals surface area contributed by atoms with Gasteiger partial charge in [-0.05, 0) is 70.6 Å². The van der Waals surface area contributed by atoms with E-state index in [0.717, 1.165) is 70.1 Å². The number of hydrogen-bond donors (Lipinski definition) is 1. The molecule has 2 fully saturated rings. The molecule has 0 bridgehead atoms. The van der Waals surface area contributed by atoms with E-state index in [1.807, 2.05) is 0 Å². The summed E-state index contributed by atoms with van der Waals surface area (Å²) in [7, 11) is 2.15. The van der Waals surface area contributed by atoms with Gasteiger partial charge in [0.05, 0.1) is 5.92 Å². The van der Waals surface area contributed by atoms with Crippen molar-refractivity contribution in [3.63, 3.8) is 0 Å². The van der Waals surface area contributed by atoms with E-state index in [9.17, 15) is 13.6 Å². The normalized spacial score (nSPS) is 23.6. The van der Waals surface area contributed by atoms with E-state index in [0.29, 0.717) is 6.04 Å². The largest absolute Gasteiger partial charge is 0.352 e. The molecule has 2 heterocycles. The van der Waals surface area contributed by atoms with Crippen molar-refractivity contribution in [3.8, 4) is 0 Å². The maximum atomic E-state index is 13.7. The van der Waals surface area contributed by atoms with Gasteiger partial charge in [0.25, 0.3) is 0 Å². The molecule has 1 amide bonds. The highest BCUT2D eigenvalue weighted by Crippen LogP contribution is 2.23. The number of piperidine rings is 2. The Morgan fingerprint density at radius 3 is 2.72 bits per heavy atom. The number of halogens is 2. The molecule has 1 N–H and O–H groups in total. The second-order valence-electron chi connectivity index (χ2n) is 7.32. The van der Waals surface area contributed by atoms with Gasteiger partial charge < -0.3 is 10.2 Å². The lowest BCUT2D eigenvalue weighted by molar-refractivity contribution is -0.127. The number of carbonyl (C=O) groups is 1. The third-order valence-electron chi connectivity index (χ3n) is 5.49. The van der Waals surface area contributed by atoms with Crippen LogP contribution in [0, 0.1) is 17.6 Å². The summed E-state index contributed by atoms with van der Waals surface area (Å²) in [6.45, 7) is 4.07. The van der Waals surface area contributed by atoms with E-state index >= 15 is 0 Å². The van der Waals surface area contributed by atoms with E-state index in [-0.39, 0.29) is 23.9 Å². The molecule has 3 rings (SSSR count). The lowest BCUT2D eigenvalue weighted by atomic mass is 9.93. The Kier molecular flexibility index (Phi) is 6.02. The van der Waals surface area contributed by atoms with Crippen molar-refractivity contribution in [2.75, 3.05) is 33.2 Å². The predicted octanol–water partition coefficient (Wildman–Crippen LogP) is 2.39. The first kappa shape index (κ1) is 18.3. The van der Waals surface area contributed by atoms with Gasteiger partial charge in [-0.2, -0.15) is 0 Å². The van der Waals surface area contributed by atoms with Gasteiger partial charge in [0.2, 0.25) is 5.91 Å². The molecule has 0 unspecified atom stereocenters. The van der Waals surface area contributed by atoms with Crippen LogP contribution in [0.15, 0.2) is 18.2 Å². The first-order valence-electron chi connectivity index (χ1n) is 9.17. The molecular formula is C19H27F2N3O. The van der Waals surface area contributed by atoms with E-state index in [4.69, 9.17) is 0 Å². The Bertz CT molecular complexity index is 602. The molecule has 2 aliphatic heterocycles. The molecular weight excluding hydrogens is 324 g/mol. The van der Waals surface area contributed by atoms with E-state index in [1.54, 1.807) is 0 Å². The standard InChI is InChI=1S/C19H27F2N3O/c1-23-9-6-17(7-10-23)24-8-2-3-14(13-24)19(25)22-12-15-11-16(20)4-5-18(15)21/h4-5,11,14,17H,2-3,6-10,12-13H2,1H3,(H,22,25)/t14-/m1/s1. The average molecular weight is 351 g/mol. The summed E-state index contributed by atoms with van der Waals surface area (Å²) in [4.78, 5) is 17.3. The summed E-state index contributed by atoms with van der Waals surface area (Å²) < 4.78 is 26.9. The van der Waals surface area contributed by atoms with E-state index in [1.165, 1.54) is 0 Å². The van der Waals surface area contributed by atoms with Crippen LogP contribution in [-0.2, 0) is 11.3 Å². The molecule has 2 aliphatic rings. The van der Waals surface area contributed by atoms with Crippen LogP contribution >= 0.6 is 0 Å². The van der Waals surface area contributed by atoms with Crippen LogP contribution < -0.4 is 5.32 Å². The van der Waals surface area contributed by atoms with Crippen molar-refractivity contribution >= 4 is 5.91 Å². The van der Waals surface area contributed by atoms with Crippen LogP contribution in [0.1, 0.15) is 31.2 Å². The molecule has 138 valence electrons. The minimum Gasteiger partial charge on any atom is -0.352 e. The van der Waals surface area contributed by atoms with Crippen molar-refractivity contribution in [1.29, 1.82) is 0 Å². The molecule has 0 spiro atoms. The third-order valence-corrected chi connectivity index (χ3v) is 5.49. The van der Waals surface area contributed by atoms with Gasteiger partial charge in [0.15, 0.2) is 0 Å². The number of benzene rings is 1. The third kappa shape index (κ3) is 4.76.